The fraction of sp³-hybridized carbons (Fsp3) is 0.250. The van der Waals surface area contributed by atoms with Gasteiger partial charge < -0.3 is 24.7 Å². The molecule has 2 aromatic rings. The van der Waals surface area contributed by atoms with Gasteiger partial charge in [-0.1, -0.05) is 19.9 Å². The number of carbonyl (C=O) groups is 3. The average molecular weight is 400 g/mol. The minimum absolute atomic E-state index is 0.221. The molecule has 0 bridgehead atoms. The first-order valence-corrected chi connectivity index (χ1v) is 9.48. The molecule has 1 amide bonds. The zero-order valence-corrected chi connectivity index (χ0v) is 16.1. The first kappa shape index (κ1) is 19.6. The molecule has 0 unspecified atom stereocenters. The summed E-state index contributed by atoms with van der Waals surface area (Å²) in [6.45, 7) is 2.95. The quantitative estimate of drug-likeness (QED) is 0.709. The molecule has 0 aliphatic carbocycles. The highest BCUT2D eigenvalue weighted by molar-refractivity contribution is 7.10. The monoisotopic (exact) mass is 400 g/mol. The highest BCUT2D eigenvalue weighted by Gasteiger charge is 2.28. The lowest BCUT2D eigenvalue weighted by atomic mass is 10.1. The maximum Gasteiger partial charge on any atom is 0.258 e. The van der Waals surface area contributed by atoms with E-state index in [1.54, 1.807) is 32.1 Å². The van der Waals surface area contributed by atoms with Crippen molar-refractivity contribution in [3.05, 3.63) is 51.9 Å². The summed E-state index contributed by atoms with van der Waals surface area (Å²) >= 11 is 1.49. The van der Waals surface area contributed by atoms with E-state index in [1.807, 2.05) is 17.5 Å². The van der Waals surface area contributed by atoms with E-state index in [2.05, 4.69) is 5.32 Å². The fourth-order valence-corrected chi connectivity index (χ4v) is 3.27. The molecule has 8 heteroatoms. The van der Waals surface area contributed by atoms with Gasteiger partial charge in [0, 0.05) is 17.0 Å². The van der Waals surface area contributed by atoms with Crippen LogP contribution in [0.3, 0.4) is 0 Å². The van der Waals surface area contributed by atoms with E-state index in [9.17, 15) is 19.5 Å². The lowest BCUT2D eigenvalue weighted by molar-refractivity contribution is -0.309. The Morgan fingerprint density at radius 3 is 2.75 bits per heavy atom. The SMILES string of the molecule is CC(C)[C@@H](NC(=O)COc1ccc2c(c1)O/C(=C\c1cccs1)C2=O)C(=O)[O-]. The molecule has 1 aliphatic rings. The van der Waals surface area contributed by atoms with Crippen LogP contribution in [-0.4, -0.2) is 30.3 Å². The smallest absolute Gasteiger partial charge is 0.258 e. The van der Waals surface area contributed by atoms with Gasteiger partial charge in [-0.2, -0.15) is 0 Å². The van der Waals surface area contributed by atoms with E-state index in [4.69, 9.17) is 9.47 Å². The number of nitrogens with one attached hydrogen (secondary N) is 1. The molecule has 0 fully saturated rings. The van der Waals surface area contributed by atoms with Gasteiger partial charge in [0.25, 0.3) is 5.91 Å². The Morgan fingerprint density at radius 2 is 2.11 bits per heavy atom. The van der Waals surface area contributed by atoms with Gasteiger partial charge in [0.2, 0.25) is 5.78 Å². The lowest BCUT2D eigenvalue weighted by Gasteiger charge is -2.23. The summed E-state index contributed by atoms with van der Waals surface area (Å²) < 4.78 is 11.0. The molecule has 3 rings (SSSR count). The Morgan fingerprint density at radius 1 is 1.32 bits per heavy atom. The van der Waals surface area contributed by atoms with Gasteiger partial charge in [-0.05, 0) is 29.5 Å². The van der Waals surface area contributed by atoms with Crippen LogP contribution in [0.25, 0.3) is 6.08 Å². The summed E-state index contributed by atoms with van der Waals surface area (Å²) in [7, 11) is 0. The number of aliphatic carboxylic acids is 1. The maximum atomic E-state index is 12.4. The minimum atomic E-state index is -1.35. The third-order valence-electron chi connectivity index (χ3n) is 4.06. The number of carbonyl (C=O) groups excluding carboxylic acids is 3. The van der Waals surface area contributed by atoms with E-state index in [0.29, 0.717) is 17.1 Å². The van der Waals surface area contributed by atoms with Gasteiger partial charge >= 0.3 is 0 Å². The Bertz CT molecular complexity index is 932. The second-order valence-corrected chi connectivity index (χ2v) is 7.49. The summed E-state index contributed by atoms with van der Waals surface area (Å²) in [4.78, 5) is 36.3. The number of allylic oxidation sites excluding steroid dienone is 1. The Kier molecular flexibility index (Phi) is 5.79. The predicted octanol–water partition coefficient (Wildman–Crippen LogP) is 1.63. The number of hydrogen-bond donors (Lipinski definition) is 1. The number of amides is 1. The van der Waals surface area contributed by atoms with Crippen LogP contribution >= 0.6 is 11.3 Å². The Hall–Kier alpha value is -3.13. The molecule has 0 spiro atoms. The number of ketones is 1. The van der Waals surface area contributed by atoms with Gasteiger partial charge in [-0.25, -0.2) is 0 Å². The van der Waals surface area contributed by atoms with E-state index in [0.717, 1.165) is 4.88 Å². The number of carboxylic acid groups (broad SMARTS) is 1. The Balaban J connectivity index is 1.64. The summed E-state index contributed by atoms with van der Waals surface area (Å²) in [5.41, 5.74) is 0.413. The van der Waals surface area contributed by atoms with Gasteiger partial charge in [0.05, 0.1) is 17.6 Å². The van der Waals surface area contributed by atoms with Crippen molar-refractivity contribution >= 4 is 35.1 Å². The first-order chi connectivity index (χ1) is 13.3. The summed E-state index contributed by atoms with van der Waals surface area (Å²) in [6.07, 6.45) is 1.67. The molecule has 2 heterocycles. The third kappa shape index (κ3) is 4.40. The lowest BCUT2D eigenvalue weighted by Crippen LogP contribution is -2.51. The van der Waals surface area contributed by atoms with Crippen LogP contribution in [0.1, 0.15) is 29.1 Å². The normalized spacial score (nSPS) is 15.2. The van der Waals surface area contributed by atoms with Crippen molar-refractivity contribution in [2.24, 2.45) is 5.92 Å². The largest absolute Gasteiger partial charge is 0.548 e. The molecule has 0 saturated heterocycles. The zero-order chi connectivity index (χ0) is 20.3. The van der Waals surface area contributed by atoms with Gasteiger partial charge in [0.1, 0.15) is 11.5 Å². The van der Waals surface area contributed by atoms with Crippen LogP contribution < -0.4 is 19.9 Å². The van der Waals surface area contributed by atoms with Crippen molar-refractivity contribution in [2.45, 2.75) is 19.9 Å². The van der Waals surface area contributed by atoms with Crippen molar-refractivity contribution < 1.29 is 29.0 Å². The van der Waals surface area contributed by atoms with E-state index in [-0.39, 0.29) is 24.1 Å². The molecule has 0 radical (unpaired) electrons. The number of benzene rings is 1. The van der Waals surface area contributed by atoms with Crippen LogP contribution in [0.4, 0.5) is 0 Å². The highest BCUT2D eigenvalue weighted by atomic mass is 32.1. The molecular weight excluding hydrogens is 382 g/mol. The summed E-state index contributed by atoms with van der Waals surface area (Å²) in [5, 5.41) is 15.3. The van der Waals surface area contributed by atoms with Crippen LogP contribution in [-0.2, 0) is 9.59 Å². The molecule has 1 atom stereocenters. The second-order valence-electron chi connectivity index (χ2n) is 6.51. The summed E-state index contributed by atoms with van der Waals surface area (Å²) in [5.74, 6) is -1.57. The number of hydrogen-bond acceptors (Lipinski definition) is 7. The van der Waals surface area contributed by atoms with E-state index in [1.165, 1.54) is 17.4 Å². The van der Waals surface area contributed by atoms with Crippen molar-refractivity contribution in [1.82, 2.24) is 5.32 Å². The molecule has 146 valence electrons. The van der Waals surface area contributed by atoms with Crippen LogP contribution in [0.15, 0.2) is 41.5 Å². The zero-order valence-electron chi connectivity index (χ0n) is 15.3. The van der Waals surface area contributed by atoms with Crippen molar-refractivity contribution in [1.29, 1.82) is 0 Å². The number of Topliss-reactive ketones (excluding diaryl/α,β-unsaturated/α-hetero) is 1. The number of thiophene rings is 1. The molecule has 0 saturated carbocycles. The minimum Gasteiger partial charge on any atom is -0.548 e. The van der Waals surface area contributed by atoms with Crippen molar-refractivity contribution in [2.75, 3.05) is 6.61 Å². The Labute approximate surface area is 165 Å². The number of fused-ring (bicyclic) bond motifs is 1. The van der Waals surface area contributed by atoms with Crippen molar-refractivity contribution in [3.8, 4) is 11.5 Å². The molecular formula is C20H18NO6S-. The maximum absolute atomic E-state index is 12.4. The highest BCUT2D eigenvalue weighted by Crippen LogP contribution is 2.35. The average Bonchev–Trinajstić information content (AvgIpc) is 3.26. The number of carboxylic acids is 1. The number of ether oxygens (including phenoxy) is 2. The third-order valence-corrected chi connectivity index (χ3v) is 4.88. The van der Waals surface area contributed by atoms with Crippen LogP contribution in [0.5, 0.6) is 11.5 Å². The fourth-order valence-electron chi connectivity index (χ4n) is 2.62. The standard InChI is InChI=1S/C20H19NO6S/c1-11(2)18(20(24)25)21-17(22)10-26-12-5-6-14-15(8-12)27-16(19(14)23)9-13-4-3-7-28-13/h3-9,11,18H,10H2,1-2H3,(H,21,22)(H,24,25)/p-1/b16-9-/t18-/m1/s1. The molecule has 1 aromatic heterocycles. The predicted molar refractivity (Wildman–Crippen MR) is 101 cm³/mol. The molecule has 1 aromatic carbocycles. The van der Waals surface area contributed by atoms with Crippen LogP contribution in [0.2, 0.25) is 0 Å². The van der Waals surface area contributed by atoms with E-state index < -0.39 is 17.9 Å². The molecule has 7 nitrogen and oxygen atoms in total. The molecule has 28 heavy (non-hydrogen) atoms. The van der Waals surface area contributed by atoms with E-state index >= 15 is 0 Å². The van der Waals surface area contributed by atoms with Gasteiger partial charge in [-0.15, -0.1) is 11.3 Å². The molecule has 1 N–H and O–H groups in total. The topological polar surface area (TPSA) is 105 Å². The van der Waals surface area contributed by atoms with Crippen LogP contribution in [0, 0.1) is 5.92 Å². The first-order valence-electron chi connectivity index (χ1n) is 8.60. The van der Waals surface area contributed by atoms with Crippen molar-refractivity contribution in [3.63, 3.8) is 0 Å². The second kappa shape index (κ2) is 8.26. The van der Waals surface area contributed by atoms with Gasteiger partial charge in [-0.3, -0.25) is 9.59 Å². The molecule has 1 aliphatic heterocycles. The number of rotatable bonds is 7. The summed E-state index contributed by atoms with van der Waals surface area (Å²) in [6, 6.07) is 7.31. The van der Waals surface area contributed by atoms with Gasteiger partial charge in [0.15, 0.2) is 12.4 Å².